The first-order chi connectivity index (χ1) is 9.32. The minimum Gasteiger partial charge on any atom is -0.491 e. The molecule has 20 heavy (non-hydrogen) atoms. The first kappa shape index (κ1) is 15.9. The fourth-order valence-corrected chi connectivity index (χ4v) is 1.72. The number of hydrogen-bond donors (Lipinski definition) is 2. The van der Waals surface area contributed by atoms with Gasteiger partial charge in [0, 0.05) is 12.1 Å². The molecule has 110 valence electrons. The van der Waals surface area contributed by atoms with Crippen molar-refractivity contribution in [1.29, 1.82) is 0 Å². The number of ether oxygens (including phenoxy) is 1. The summed E-state index contributed by atoms with van der Waals surface area (Å²) in [5, 5.41) is 22.7. The Morgan fingerprint density at radius 2 is 2.15 bits per heavy atom. The first-order valence-electron chi connectivity index (χ1n) is 6.18. The SMILES string of the molecule is Cc1c(OCC(NC(C)C)C(=O)O)cccc1[N+](=O)[O-]. The highest BCUT2D eigenvalue weighted by Crippen LogP contribution is 2.26. The maximum Gasteiger partial charge on any atom is 0.324 e. The Kier molecular flexibility index (Phi) is 5.45. The molecule has 0 fully saturated rings. The topological polar surface area (TPSA) is 102 Å². The van der Waals surface area contributed by atoms with E-state index in [-0.39, 0.29) is 18.3 Å². The van der Waals surface area contributed by atoms with Crippen LogP contribution in [0.2, 0.25) is 0 Å². The van der Waals surface area contributed by atoms with Crippen LogP contribution in [0.1, 0.15) is 19.4 Å². The summed E-state index contributed by atoms with van der Waals surface area (Å²) in [6.45, 7) is 5.12. The zero-order valence-corrected chi connectivity index (χ0v) is 11.6. The number of carboxylic acids is 1. The lowest BCUT2D eigenvalue weighted by Gasteiger charge is -2.18. The second-order valence-corrected chi connectivity index (χ2v) is 4.68. The minimum atomic E-state index is -1.03. The summed E-state index contributed by atoms with van der Waals surface area (Å²) in [4.78, 5) is 21.4. The maximum atomic E-state index is 11.1. The van der Waals surface area contributed by atoms with E-state index in [0.717, 1.165) is 0 Å². The molecule has 0 heterocycles. The highest BCUT2D eigenvalue weighted by molar-refractivity contribution is 5.73. The van der Waals surface area contributed by atoms with E-state index >= 15 is 0 Å². The van der Waals surface area contributed by atoms with Gasteiger partial charge in [0.05, 0.1) is 10.5 Å². The third-order valence-corrected chi connectivity index (χ3v) is 2.69. The minimum absolute atomic E-state index is 0.00842. The van der Waals surface area contributed by atoms with Crippen molar-refractivity contribution in [3.05, 3.63) is 33.9 Å². The highest BCUT2D eigenvalue weighted by Gasteiger charge is 2.20. The zero-order valence-electron chi connectivity index (χ0n) is 11.6. The molecule has 2 N–H and O–H groups in total. The lowest BCUT2D eigenvalue weighted by Crippen LogP contribution is -2.44. The molecule has 1 aromatic carbocycles. The van der Waals surface area contributed by atoms with Crippen LogP contribution in [0.15, 0.2) is 18.2 Å². The lowest BCUT2D eigenvalue weighted by atomic mass is 10.2. The maximum absolute atomic E-state index is 11.1. The summed E-state index contributed by atoms with van der Waals surface area (Å²) in [5.74, 6) is -0.710. The monoisotopic (exact) mass is 282 g/mol. The molecule has 0 saturated heterocycles. The number of hydrogen-bond acceptors (Lipinski definition) is 5. The van der Waals surface area contributed by atoms with Crippen molar-refractivity contribution in [3.63, 3.8) is 0 Å². The summed E-state index contributed by atoms with van der Waals surface area (Å²) < 4.78 is 5.40. The molecular weight excluding hydrogens is 264 g/mol. The van der Waals surface area contributed by atoms with Gasteiger partial charge in [-0.15, -0.1) is 0 Å². The molecule has 0 aliphatic rings. The van der Waals surface area contributed by atoms with Crippen LogP contribution >= 0.6 is 0 Å². The van der Waals surface area contributed by atoms with Gasteiger partial charge in [-0.25, -0.2) is 0 Å². The van der Waals surface area contributed by atoms with E-state index < -0.39 is 16.9 Å². The Bertz CT molecular complexity index is 502. The molecule has 0 spiro atoms. The largest absolute Gasteiger partial charge is 0.491 e. The first-order valence-corrected chi connectivity index (χ1v) is 6.18. The van der Waals surface area contributed by atoms with Crippen LogP contribution in [0.3, 0.4) is 0 Å². The number of rotatable bonds is 7. The number of carbonyl (C=O) groups is 1. The second-order valence-electron chi connectivity index (χ2n) is 4.68. The van der Waals surface area contributed by atoms with Crippen LogP contribution in [-0.4, -0.2) is 34.7 Å². The van der Waals surface area contributed by atoms with Gasteiger partial charge in [0.25, 0.3) is 5.69 Å². The second kappa shape index (κ2) is 6.85. The molecular formula is C13H18N2O5. The van der Waals surface area contributed by atoms with E-state index in [1.165, 1.54) is 12.1 Å². The summed E-state index contributed by atoms with van der Waals surface area (Å²) in [7, 11) is 0. The number of nitro groups is 1. The number of benzene rings is 1. The molecule has 0 aliphatic carbocycles. The fraction of sp³-hybridized carbons (Fsp3) is 0.462. The summed E-state index contributed by atoms with van der Waals surface area (Å²) in [6, 6.07) is 3.59. The average molecular weight is 282 g/mol. The molecule has 1 atom stereocenters. The van der Waals surface area contributed by atoms with Crippen molar-refractivity contribution in [2.75, 3.05) is 6.61 Å². The molecule has 0 amide bonds. The Morgan fingerprint density at radius 1 is 1.50 bits per heavy atom. The van der Waals surface area contributed by atoms with Crippen LogP contribution < -0.4 is 10.1 Å². The Labute approximate surface area is 116 Å². The highest BCUT2D eigenvalue weighted by atomic mass is 16.6. The van der Waals surface area contributed by atoms with E-state index in [0.29, 0.717) is 11.3 Å². The van der Waals surface area contributed by atoms with Crippen LogP contribution in [0.4, 0.5) is 5.69 Å². The number of nitrogens with one attached hydrogen (secondary N) is 1. The molecule has 0 saturated carbocycles. The van der Waals surface area contributed by atoms with Gasteiger partial charge in [-0.2, -0.15) is 0 Å². The van der Waals surface area contributed by atoms with Crippen LogP contribution in [-0.2, 0) is 4.79 Å². The van der Waals surface area contributed by atoms with Gasteiger partial charge < -0.3 is 9.84 Å². The smallest absolute Gasteiger partial charge is 0.324 e. The van der Waals surface area contributed by atoms with Crippen LogP contribution in [0, 0.1) is 17.0 Å². The zero-order chi connectivity index (χ0) is 15.3. The van der Waals surface area contributed by atoms with Gasteiger partial charge in [0.1, 0.15) is 18.4 Å². The quantitative estimate of drug-likeness (QED) is 0.583. The van der Waals surface area contributed by atoms with Crippen molar-refractivity contribution in [3.8, 4) is 5.75 Å². The molecule has 1 unspecified atom stereocenters. The van der Waals surface area contributed by atoms with E-state index in [4.69, 9.17) is 9.84 Å². The summed E-state index contributed by atoms with van der Waals surface area (Å²) in [5.41, 5.74) is 0.331. The van der Waals surface area contributed by atoms with E-state index in [1.54, 1.807) is 13.0 Å². The fourth-order valence-electron chi connectivity index (χ4n) is 1.72. The van der Waals surface area contributed by atoms with E-state index in [1.807, 2.05) is 13.8 Å². The molecule has 0 aliphatic heterocycles. The third-order valence-electron chi connectivity index (χ3n) is 2.69. The molecule has 1 rings (SSSR count). The van der Waals surface area contributed by atoms with Gasteiger partial charge in [-0.3, -0.25) is 20.2 Å². The van der Waals surface area contributed by atoms with Gasteiger partial charge in [-0.05, 0) is 13.0 Å². The molecule has 0 bridgehead atoms. The van der Waals surface area contributed by atoms with Gasteiger partial charge in [0.2, 0.25) is 0 Å². The normalized spacial score (nSPS) is 12.2. The molecule has 0 radical (unpaired) electrons. The molecule has 7 heteroatoms. The van der Waals surface area contributed by atoms with E-state index in [9.17, 15) is 14.9 Å². The van der Waals surface area contributed by atoms with E-state index in [2.05, 4.69) is 5.32 Å². The molecule has 1 aromatic rings. The van der Waals surface area contributed by atoms with Crippen molar-refractivity contribution in [1.82, 2.24) is 5.32 Å². The predicted molar refractivity (Wildman–Crippen MR) is 73.0 cm³/mol. The standard InChI is InChI=1S/C13H18N2O5/c1-8(2)14-10(13(16)17)7-20-12-6-4-5-11(9(12)3)15(18)19/h4-6,8,10,14H,7H2,1-3H3,(H,16,17). The Balaban J connectivity index is 2.80. The number of nitro benzene ring substituents is 1. The summed E-state index contributed by atoms with van der Waals surface area (Å²) in [6.07, 6.45) is 0. The third kappa shape index (κ3) is 4.20. The Morgan fingerprint density at radius 3 is 2.65 bits per heavy atom. The number of carboxylic acid groups (broad SMARTS) is 1. The van der Waals surface area contributed by atoms with Crippen molar-refractivity contribution in [2.24, 2.45) is 0 Å². The molecule has 7 nitrogen and oxygen atoms in total. The van der Waals surface area contributed by atoms with Gasteiger partial charge in [0.15, 0.2) is 0 Å². The predicted octanol–water partition coefficient (Wildman–Crippen LogP) is 1.73. The van der Waals surface area contributed by atoms with Crippen molar-refractivity contribution >= 4 is 11.7 Å². The van der Waals surface area contributed by atoms with Gasteiger partial charge in [-0.1, -0.05) is 19.9 Å². The number of aliphatic carboxylic acids is 1. The van der Waals surface area contributed by atoms with Gasteiger partial charge >= 0.3 is 5.97 Å². The average Bonchev–Trinajstić information content (AvgIpc) is 2.34. The van der Waals surface area contributed by atoms with Crippen molar-refractivity contribution < 1.29 is 19.6 Å². The summed E-state index contributed by atoms with van der Waals surface area (Å²) >= 11 is 0. The number of nitrogens with zero attached hydrogens (tertiary/aromatic N) is 1. The van der Waals surface area contributed by atoms with Crippen molar-refractivity contribution in [2.45, 2.75) is 32.9 Å². The molecule has 0 aromatic heterocycles. The van der Waals surface area contributed by atoms with Crippen LogP contribution in [0.5, 0.6) is 5.75 Å². The Hall–Kier alpha value is -2.15. The lowest BCUT2D eigenvalue weighted by molar-refractivity contribution is -0.385. The van der Waals surface area contributed by atoms with Crippen LogP contribution in [0.25, 0.3) is 0 Å².